The lowest BCUT2D eigenvalue weighted by molar-refractivity contribution is 0.590. The SMILES string of the molecule is Cn1c(N2CCN(c3ncccc3Cl)CC2)nc2ccc(C(C)(C)C)cc21. The Bertz CT molecular complexity index is 964. The molecule has 0 spiro atoms. The van der Waals surface area contributed by atoms with E-state index in [0.29, 0.717) is 5.02 Å². The first-order chi connectivity index (χ1) is 12.8. The van der Waals surface area contributed by atoms with E-state index in [9.17, 15) is 0 Å². The van der Waals surface area contributed by atoms with Crippen molar-refractivity contribution in [1.29, 1.82) is 0 Å². The minimum absolute atomic E-state index is 0.131. The van der Waals surface area contributed by atoms with Gasteiger partial charge in [-0.15, -0.1) is 0 Å². The van der Waals surface area contributed by atoms with Crippen molar-refractivity contribution in [3.8, 4) is 0 Å². The van der Waals surface area contributed by atoms with E-state index < -0.39 is 0 Å². The van der Waals surface area contributed by atoms with Crippen LogP contribution < -0.4 is 9.80 Å². The molecule has 0 radical (unpaired) electrons. The fraction of sp³-hybridized carbons (Fsp3) is 0.429. The van der Waals surface area contributed by atoms with Crippen LogP contribution in [-0.2, 0) is 12.5 Å². The third-order valence-corrected chi connectivity index (χ3v) is 5.62. The Morgan fingerprint density at radius 2 is 1.70 bits per heavy atom. The lowest BCUT2D eigenvalue weighted by Gasteiger charge is -2.36. The van der Waals surface area contributed by atoms with Gasteiger partial charge in [-0.05, 0) is 35.2 Å². The second kappa shape index (κ2) is 6.71. The fourth-order valence-electron chi connectivity index (χ4n) is 3.65. The minimum atomic E-state index is 0.131. The van der Waals surface area contributed by atoms with Crippen LogP contribution in [0.25, 0.3) is 11.0 Å². The van der Waals surface area contributed by atoms with Crippen LogP contribution in [0, 0.1) is 0 Å². The molecule has 142 valence electrons. The molecule has 1 aromatic carbocycles. The number of rotatable bonds is 2. The lowest BCUT2D eigenvalue weighted by atomic mass is 9.87. The van der Waals surface area contributed by atoms with Gasteiger partial charge in [0, 0.05) is 39.4 Å². The molecule has 3 heterocycles. The van der Waals surface area contributed by atoms with Gasteiger partial charge in [-0.3, -0.25) is 0 Å². The summed E-state index contributed by atoms with van der Waals surface area (Å²) < 4.78 is 2.22. The summed E-state index contributed by atoms with van der Waals surface area (Å²) >= 11 is 6.31. The quantitative estimate of drug-likeness (QED) is 0.663. The highest BCUT2D eigenvalue weighted by atomic mass is 35.5. The summed E-state index contributed by atoms with van der Waals surface area (Å²) in [6.45, 7) is 10.3. The van der Waals surface area contributed by atoms with E-state index in [0.717, 1.165) is 43.5 Å². The van der Waals surface area contributed by atoms with Crippen LogP contribution >= 0.6 is 11.6 Å². The minimum Gasteiger partial charge on any atom is -0.352 e. The highest BCUT2D eigenvalue weighted by Gasteiger charge is 2.24. The Morgan fingerprint density at radius 3 is 2.37 bits per heavy atom. The van der Waals surface area contributed by atoms with Gasteiger partial charge in [0.25, 0.3) is 0 Å². The maximum atomic E-state index is 6.31. The molecule has 6 heteroatoms. The molecule has 0 aliphatic carbocycles. The molecule has 0 amide bonds. The molecule has 0 bridgehead atoms. The second-order valence-electron chi connectivity index (χ2n) is 8.21. The van der Waals surface area contributed by atoms with Gasteiger partial charge < -0.3 is 14.4 Å². The summed E-state index contributed by atoms with van der Waals surface area (Å²) in [6, 6.07) is 10.4. The Balaban J connectivity index is 1.57. The highest BCUT2D eigenvalue weighted by Crippen LogP contribution is 2.29. The number of fused-ring (bicyclic) bond motifs is 1. The van der Waals surface area contributed by atoms with Crippen molar-refractivity contribution in [2.75, 3.05) is 36.0 Å². The molecule has 1 aliphatic heterocycles. The van der Waals surface area contributed by atoms with Crippen LogP contribution in [0.1, 0.15) is 26.3 Å². The molecule has 27 heavy (non-hydrogen) atoms. The number of aryl methyl sites for hydroxylation is 1. The number of hydrogen-bond donors (Lipinski definition) is 0. The fourth-order valence-corrected chi connectivity index (χ4v) is 3.90. The van der Waals surface area contributed by atoms with E-state index in [-0.39, 0.29) is 5.41 Å². The van der Waals surface area contributed by atoms with Gasteiger partial charge in [0.1, 0.15) is 5.82 Å². The molecule has 0 atom stereocenters. The normalized spacial score (nSPS) is 15.6. The molecular formula is C21H26ClN5. The molecule has 3 aromatic rings. The summed E-state index contributed by atoms with van der Waals surface area (Å²) in [6.07, 6.45) is 1.80. The van der Waals surface area contributed by atoms with Crippen LogP contribution in [0.5, 0.6) is 0 Å². The van der Waals surface area contributed by atoms with Crippen molar-refractivity contribution in [2.24, 2.45) is 7.05 Å². The number of halogens is 1. The Morgan fingerprint density at radius 1 is 1.00 bits per heavy atom. The molecule has 4 rings (SSSR count). The average Bonchev–Trinajstić information content (AvgIpc) is 2.98. The van der Waals surface area contributed by atoms with E-state index in [4.69, 9.17) is 16.6 Å². The number of benzene rings is 1. The Labute approximate surface area is 165 Å². The standard InChI is InChI=1S/C21H26ClN5/c1-21(2,3)15-7-8-17-18(14-15)25(4)20(24-17)27-12-10-26(11-13-27)19-16(22)6-5-9-23-19/h5-9,14H,10-13H2,1-4H3. The third kappa shape index (κ3) is 3.36. The summed E-state index contributed by atoms with van der Waals surface area (Å²) in [5.74, 6) is 1.90. The smallest absolute Gasteiger partial charge is 0.206 e. The zero-order chi connectivity index (χ0) is 19.2. The molecular weight excluding hydrogens is 358 g/mol. The molecule has 0 saturated carbocycles. The topological polar surface area (TPSA) is 37.2 Å². The predicted molar refractivity (Wildman–Crippen MR) is 113 cm³/mol. The summed E-state index contributed by atoms with van der Waals surface area (Å²) in [5, 5.41) is 0.711. The third-order valence-electron chi connectivity index (χ3n) is 5.32. The summed E-state index contributed by atoms with van der Waals surface area (Å²) in [7, 11) is 2.11. The van der Waals surface area contributed by atoms with Crippen LogP contribution in [0.3, 0.4) is 0 Å². The van der Waals surface area contributed by atoms with Crippen molar-refractivity contribution in [1.82, 2.24) is 14.5 Å². The van der Waals surface area contributed by atoms with Gasteiger partial charge in [-0.2, -0.15) is 0 Å². The number of imidazole rings is 1. The maximum absolute atomic E-state index is 6.31. The summed E-state index contributed by atoms with van der Waals surface area (Å²) in [5.41, 5.74) is 3.70. The monoisotopic (exact) mass is 383 g/mol. The first kappa shape index (κ1) is 18.1. The zero-order valence-corrected chi connectivity index (χ0v) is 17.2. The zero-order valence-electron chi connectivity index (χ0n) is 16.4. The number of nitrogens with zero attached hydrogens (tertiary/aromatic N) is 5. The van der Waals surface area contributed by atoms with Gasteiger partial charge in [-0.25, -0.2) is 9.97 Å². The molecule has 2 aromatic heterocycles. The lowest BCUT2D eigenvalue weighted by Crippen LogP contribution is -2.47. The average molecular weight is 384 g/mol. The first-order valence-electron chi connectivity index (χ1n) is 9.42. The van der Waals surface area contributed by atoms with Gasteiger partial charge >= 0.3 is 0 Å². The van der Waals surface area contributed by atoms with E-state index in [1.165, 1.54) is 11.1 Å². The van der Waals surface area contributed by atoms with E-state index in [1.54, 1.807) is 6.20 Å². The molecule has 1 saturated heterocycles. The number of piperazine rings is 1. The highest BCUT2D eigenvalue weighted by molar-refractivity contribution is 6.32. The molecule has 0 unspecified atom stereocenters. The number of anilines is 2. The van der Waals surface area contributed by atoms with Crippen LogP contribution in [0.4, 0.5) is 11.8 Å². The predicted octanol–water partition coefficient (Wildman–Crippen LogP) is 4.25. The van der Waals surface area contributed by atoms with Crippen LogP contribution in [0.15, 0.2) is 36.5 Å². The molecule has 1 aliphatic rings. The van der Waals surface area contributed by atoms with Crippen molar-refractivity contribution in [3.63, 3.8) is 0 Å². The van der Waals surface area contributed by atoms with E-state index >= 15 is 0 Å². The van der Waals surface area contributed by atoms with E-state index in [2.05, 4.69) is 65.4 Å². The van der Waals surface area contributed by atoms with Gasteiger partial charge in [-0.1, -0.05) is 38.4 Å². The van der Waals surface area contributed by atoms with Crippen LogP contribution in [0.2, 0.25) is 5.02 Å². The Hall–Kier alpha value is -2.27. The molecule has 5 nitrogen and oxygen atoms in total. The van der Waals surface area contributed by atoms with Crippen molar-refractivity contribution < 1.29 is 0 Å². The number of pyridine rings is 1. The molecule has 1 fully saturated rings. The van der Waals surface area contributed by atoms with Gasteiger partial charge in [0.2, 0.25) is 5.95 Å². The van der Waals surface area contributed by atoms with Gasteiger partial charge in [0.05, 0.1) is 16.1 Å². The van der Waals surface area contributed by atoms with Crippen molar-refractivity contribution in [3.05, 3.63) is 47.1 Å². The first-order valence-corrected chi connectivity index (χ1v) is 9.80. The largest absolute Gasteiger partial charge is 0.352 e. The van der Waals surface area contributed by atoms with E-state index in [1.807, 2.05) is 12.1 Å². The number of hydrogen-bond acceptors (Lipinski definition) is 4. The van der Waals surface area contributed by atoms with Crippen molar-refractivity contribution >= 4 is 34.4 Å². The second-order valence-corrected chi connectivity index (χ2v) is 8.61. The van der Waals surface area contributed by atoms with Crippen LogP contribution in [-0.4, -0.2) is 40.7 Å². The number of aromatic nitrogens is 3. The summed E-state index contributed by atoms with van der Waals surface area (Å²) in [4.78, 5) is 13.9. The maximum Gasteiger partial charge on any atom is 0.206 e. The Kier molecular flexibility index (Phi) is 4.50. The molecule has 0 N–H and O–H groups in total. The van der Waals surface area contributed by atoms with Gasteiger partial charge in [0.15, 0.2) is 0 Å². The van der Waals surface area contributed by atoms with Crippen molar-refractivity contribution in [2.45, 2.75) is 26.2 Å².